The lowest BCUT2D eigenvalue weighted by Crippen LogP contribution is -2.25. The quantitative estimate of drug-likeness (QED) is 0.399. The minimum Gasteiger partial charge on any atom is -0.497 e. The standard InChI is InChI=1S/C27H29N3O3/c1-4-30-18-25(23-9-5-6-10-26(23)30)24(20-12-21(32-2)14-22(13-20)33-3)15-27(31)29-17-19-8-7-11-28-16-19/h5-14,16,18,24H,4,15,17H2,1-3H3,(H,29,31). The molecular weight excluding hydrogens is 414 g/mol. The Morgan fingerprint density at radius 1 is 1.06 bits per heavy atom. The molecule has 170 valence electrons. The number of amides is 1. The third kappa shape index (κ3) is 5.00. The zero-order valence-electron chi connectivity index (χ0n) is 19.2. The maximum absolute atomic E-state index is 13.1. The Balaban J connectivity index is 1.73. The van der Waals surface area contributed by atoms with Gasteiger partial charge in [-0.05, 0) is 47.9 Å². The van der Waals surface area contributed by atoms with Gasteiger partial charge in [-0.3, -0.25) is 9.78 Å². The van der Waals surface area contributed by atoms with Crippen LogP contribution in [0.2, 0.25) is 0 Å². The van der Waals surface area contributed by atoms with E-state index in [4.69, 9.17) is 9.47 Å². The highest BCUT2D eigenvalue weighted by molar-refractivity contribution is 5.86. The van der Waals surface area contributed by atoms with Crippen molar-refractivity contribution in [1.82, 2.24) is 14.9 Å². The first-order valence-corrected chi connectivity index (χ1v) is 11.1. The highest BCUT2D eigenvalue weighted by atomic mass is 16.5. The molecule has 0 spiro atoms. The Bertz CT molecular complexity index is 1210. The summed E-state index contributed by atoms with van der Waals surface area (Å²) in [5.74, 6) is 1.20. The van der Waals surface area contributed by atoms with E-state index in [2.05, 4.69) is 40.1 Å². The predicted octanol–water partition coefficient (Wildman–Crippen LogP) is 4.91. The summed E-state index contributed by atoms with van der Waals surface area (Å²) in [6, 6.07) is 18.0. The SMILES string of the molecule is CCn1cc(C(CC(=O)NCc2cccnc2)c2cc(OC)cc(OC)c2)c2ccccc21. The Labute approximate surface area is 194 Å². The van der Waals surface area contributed by atoms with Crippen molar-refractivity contribution in [3.05, 3.63) is 89.9 Å². The molecule has 4 rings (SSSR count). The Morgan fingerprint density at radius 3 is 2.48 bits per heavy atom. The second-order valence-electron chi connectivity index (χ2n) is 7.93. The van der Waals surface area contributed by atoms with Gasteiger partial charge in [0.2, 0.25) is 5.91 Å². The van der Waals surface area contributed by atoms with Crippen LogP contribution in [0.5, 0.6) is 11.5 Å². The summed E-state index contributed by atoms with van der Waals surface area (Å²) in [4.78, 5) is 17.2. The molecule has 0 radical (unpaired) electrons. The fourth-order valence-corrected chi connectivity index (χ4v) is 4.21. The van der Waals surface area contributed by atoms with Gasteiger partial charge in [-0.2, -0.15) is 0 Å². The molecule has 1 amide bonds. The lowest BCUT2D eigenvalue weighted by Gasteiger charge is -2.19. The van der Waals surface area contributed by atoms with Crippen LogP contribution in [0.15, 0.2) is 73.2 Å². The van der Waals surface area contributed by atoms with Crippen molar-refractivity contribution >= 4 is 16.8 Å². The number of methoxy groups -OCH3 is 2. The molecule has 0 bridgehead atoms. The first-order valence-electron chi connectivity index (χ1n) is 11.1. The van der Waals surface area contributed by atoms with Crippen LogP contribution < -0.4 is 14.8 Å². The summed E-state index contributed by atoms with van der Waals surface area (Å²) in [5.41, 5.74) is 4.21. The van der Waals surface area contributed by atoms with Crippen molar-refractivity contribution in [2.24, 2.45) is 0 Å². The van der Waals surface area contributed by atoms with Gasteiger partial charge in [-0.25, -0.2) is 0 Å². The van der Waals surface area contributed by atoms with Crippen LogP contribution in [0.25, 0.3) is 10.9 Å². The molecule has 1 unspecified atom stereocenters. The van der Waals surface area contributed by atoms with Gasteiger partial charge in [0.1, 0.15) is 11.5 Å². The first-order chi connectivity index (χ1) is 16.1. The number of carbonyl (C=O) groups is 1. The van der Waals surface area contributed by atoms with Gasteiger partial charge < -0.3 is 19.4 Å². The van der Waals surface area contributed by atoms with Gasteiger partial charge in [0.15, 0.2) is 0 Å². The predicted molar refractivity (Wildman–Crippen MR) is 130 cm³/mol. The molecular formula is C27H29N3O3. The molecule has 33 heavy (non-hydrogen) atoms. The second kappa shape index (κ2) is 10.2. The topological polar surface area (TPSA) is 65.4 Å². The molecule has 1 N–H and O–H groups in total. The second-order valence-corrected chi connectivity index (χ2v) is 7.93. The molecule has 4 aromatic rings. The van der Waals surface area contributed by atoms with Gasteiger partial charge in [-0.15, -0.1) is 0 Å². The fraction of sp³-hybridized carbons (Fsp3) is 0.259. The summed E-state index contributed by atoms with van der Waals surface area (Å²) < 4.78 is 13.3. The van der Waals surface area contributed by atoms with Crippen LogP contribution >= 0.6 is 0 Å². The van der Waals surface area contributed by atoms with Crippen molar-refractivity contribution in [2.45, 2.75) is 32.4 Å². The number of aromatic nitrogens is 2. The van der Waals surface area contributed by atoms with E-state index < -0.39 is 0 Å². The largest absolute Gasteiger partial charge is 0.497 e. The van der Waals surface area contributed by atoms with Crippen molar-refractivity contribution in [3.63, 3.8) is 0 Å². The Hall–Kier alpha value is -3.80. The summed E-state index contributed by atoms with van der Waals surface area (Å²) >= 11 is 0. The van der Waals surface area contributed by atoms with Crippen LogP contribution in [-0.4, -0.2) is 29.7 Å². The normalized spacial score (nSPS) is 11.8. The molecule has 6 heteroatoms. The smallest absolute Gasteiger partial charge is 0.221 e. The molecule has 2 heterocycles. The van der Waals surface area contributed by atoms with Gasteiger partial charge in [0.05, 0.1) is 14.2 Å². The average Bonchev–Trinajstić information content (AvgIpc) is 3.25. The number of para-hydroxylation sites is 1. The van der Waals surface area contributed by atoms with Crippen LogP contribution in [0.4, 0.5) is 0 Å². The molecule has 0 aliphatic carbocycles. The molecule has 0 aliphatic rings. The summed E-state index contributed by atoms with van der Waals surface area (Å²) in [5, 5.41) is 4.19. The zero-order chi connectivity index (χ0) is 23.2. The maximum Gasteiger partial charge on any atom is 0.221 e. The van der Waals surface area contributed by atoms with Gasteiger partial charge in [-0.1, -0.05) is 24.3 Å². The average molecular weight is 444 g/mol. The number of fused-ring (bicyclic) bond motifs is 1. The number of ether oxygens (including phenoxy) is 2. The lowest BCUT2D eigenvalue weighted by molar-refractivity contribution is -0.121. The van der Waals surface area contributed by atoms with Crippen LogP contribution in [0, 0.1) is 0 Å². The fourth-order valence-electron chi connectivity index (χ4n) is 4.21. The number of nitrogens with zero attached hydrogens (tertiary/aromatic N) is 2. The van der Waals surface area contributed by atoms with E-state index in [-0.39, 0.29) is 11.8 Å². The van der Waals surface area contributed by atoms with Crippen LogP contribution in [-0.2, 0) is 17.9 Å². The van der Waals surface area contributed by atoms with Crippen LogP contribution in [0.3, 0.4) is 0 Å². The maximum atomic E-state index is 13.1. The van der Waals surface area contributed by atoms with Gasteiger partial charge in [0, 0.05) is 61.0 Å². The Morgan fingerprint density at radius 2 is 1.82 bits per heavy atom. The van der Waals surface area contributed by atoms with Gasteiger partial charge >= 0.3 is 0 Å². The highest BCUT2D eigenvalue weighted by Crippen LogP contribution is 2.37. The molecule has 0 saturated carbocycles. The van der Waals surface area contributed by atoms with Crippen molar-refractivity contribution in [2.75, 3.05) is 14.2 Å². The number of nitrogens with one attached hydrogen (secondary N) is 1. The zero-order valence-corrected chi connectivity index (χ0v) is 19.2. The monoisotopic (exact) mass is 443 g/mol. The van der Waals surface area contributed by atoms with Crippen LogP contribution in [0.1, 0.15) is 36.0 Å². The van der Waals surface area contributed by atoms with Crippen molar-refractivity contribution in [3.8, 4) is 11.5 Å². The molecule has 2 aromatic carbocycles. The number of pyridine rings is 1. The number of rotatable bonds is 9. The van der Waals surface area contributed by atoms with E-state index in [0.717, 1.165) is 34.1 Å². The van der Waals surface area contributed by atoms with E-state index >= 15 is 0 Å². The lowest BCUT2D eigenvalue weighted by atomic mass is 9.87. The summed E-state index contributed by atoms with van der Waals surface area (Å²) in [6.07, 6.45) is 5.95. The van der Waals surface area contributed by atoms with Gasteiger partial charge in [0.25, 0.3) is 0 Å². The van der Waals surface area contributed by atoms with Crippen molar-refractivity contribution < 1.29 is 14.3 Å². The number of hydrogen-bond acceptors (Lipinski definition) is 4. The van der Waals surface area contributed by atoms with E-state index in [1.165, 1.54) is 0 Å². The van der Waals surface area contributed by atoms with E-state index in [1.54, 1.807) is 26.6 Å². The molecule has 2 aromatic heterocycles. The molecule has 0 fully saturated rings. The Kier molecular flexibility index (Phi) is 6.93. The van der Waals surface area contributed by atoms with E-state index in [0.29, 0.717) is 24.5 Å². The third-order valence-corrected chi connectivity index (χ3v) is 5.91. The minimum atomic E-state index is -0.166. The number of aryl methyl sites for hydroxylation is 1. The third-order valence-electron chi connectivity index (χ3n) is 5.91. The number of benzene rings is 2. The number of hydrogen-bond donors (Lipinski definition) is 1. The first kappa shape index (κ1) is 22.4. The minimum absolute atomic E-state index is 0.0287. The van der Waals surface area contributed by atoms with E-state index in [1.807, 2.05) is 42.5 Å². The number of carbonyl (C=O) groups excluding carboxylic acids is 1. The molecule has 1 atom stereocenters. The molecule has 0 aliphatic heterocycles. The summed E-state index contributed by atoms with van der Waals surface area (Å²) in [6.45, 7) is 3.42. The van der Waals surface area contributed by atoms with Crippen molar-refractivity contribution in [1.29, 1.82) is 0 Å². The van der Waals surface area contributed by atoms with E-state index in [9.17, 15) is 4.79 Å². The molecule has 0 saturated heterocycles. The summed E-state index contributed by atoms with van der Waals surface area (Å²) in [7, 11) is 3.27. The molecule has 6 nitrogen and oxygen atoms in total. The highest BCUT2D eigenvalue weighted by Gasteiger charge is 2.24.